The van der Waals surface area contributed by atoms with E-state index in [2.05, 4.69) is 66.7 Å². The molecule has 0 atom stereocenters. The molecule has 0 bridgehead atoms. The van der Waals surface area contributed by atoms with Gasteiger partial charge in [-0.1, -0.05) is 63.7 Å². The molecular formula is C23H30N4OS. The Labute approximate surface area is 176 Å². The van der Waals surface area contributed by atoms with Gasteiger partial charge < -0.3 is 4.57 Å². The monoisotopic (exact) mass is 410 g/mol. The number of hydrogen-bond donors (Lipinski definition) is 0. The third-order valence-corrected chi connectivity index (χ3v) is 7.48. The first kappa shape index (κ1) is 20.2. The smallest absolute Gasteiger partial charge is 0.265 e. The molecule has 29 heavy (non-hydrogen) atoms. The molecular weight excluding hydrogens is 380 g/mol. The third kappa shape index (κ3) is 3.03. The van der Waals surface area contributed by atoms with Gasteiger partial charge in [-0.2, -0.15) is 0 Å². The van der Waals surface area contributed by atoms with Crippen LogP contribution in [0.1, 0.15) is 64.5 Å². The van der Waals surface area contributed by atoms with Crippen molar-refractivity contribution < 1.29 is 0 Å². The number of hydrogen-bond acceptors (Lipinski definition) is 4. The molecule has 4 rings (SSSR count). The summed E-state index contributed by atoms with van der Waals surface area (Å²) in [5.41, 5.74) is 4.46. The van der Waals surface area contributed by atoms with Gasteiger partial charge in [0.25, 0.3) is 5.56 Å². The molecule has 0 N–H and O–H groups in total. The Hall–Kier alpha value is -2.08. The molecule has 0 aliphatic heterocycles. The molecule has 0 unspecified atom stereocenters. The summed E-state index contributed by atoms with van der Waals surface area (Å²) in [5, 5.41) is 9.63. The van der Waals surface area contributed by atoms with E-state index in [-0.39, 0.29) is 11.0 Å². The van der Waals surface area contributed by atoms with E-state index in [1.807, 2.05) is 0 Å². The fourth-order valence-electron chi connectivity index (χ4n) is 4.76. The second-order valence-electron chi connectivity index (χ2n) is 7.97. The Morgan fingerprint density at radius 1 is 1.07 bits per heavy atom. The predicted octanol–water partition coefficient (Wildman–Crippen LogP) is 5.08. The van der Waals surface area contributed by atoms with Crippen LogP contribution >= 0.6 is 11.8 Å². The lowest BCUT2D eigenvalue weighted by Gasteiger charge is -2.39. The van der Waals surface area contributed by atoms with Crippen molar-refractivity contribution in [3.63, 3.8) is 0 Å². The lowest BCUT2D eigenvalue weighted by molar-refractivity contribution is 0.379. The van der Waals surface area contributed by atoms with Gasteiger partial charge in [-0.3, -0.25) is 4.79 Å². The topological polar surface area (TPSA) is 52.2 Å². The van der Waals surface area contributed by atoms with Crippen LogP contribution in [-0.2, 0) is 18.4 Å². The van der Waals surface area contributed by atoms with Crippen molar-refractivity contribution in [2.75, 3.05) is 5.75 Å². The molecule has 154 valence electrons. The fourth-order valence-corrected chi connectivity index (χ4v) is 5.53. The average molecular weight is 411 g/mol. The van der Waals surface area contributed by atoms with Crippen LogP contribution in [0.5, 0.6) is 0 Å². The maximum absolute atomic E-state index is 14.0. The van der Waals surface area contributed by atoms with Gasteiger partial charge in [-0.05, 0) is 37.7 Å². The fraction of sp³-hybridized carbons (Fsp3) is 0.522. The first-order chi connectivity index (χ1) is 14.1. The summed E-state index contributed by atoms with van der Waals surface area (Å²) in [6, 6.07) is 8.56. The first-order valence-electron chi connectivity index (χ1n) is 10.8. The van der Waals surface area contributed by atoms with Gasteiger partial charge in [-0.25, -0.2) is 4.40 Å². The van der Waals surface area contributed by atoms with Crippen molar-refractivity contribution in [1.82, 2.24) is 19.2 Å². The Morgan fingerprint density at radius 2 is 1.83 bits per heavy atom. The van der Waals surface area contributed by atoms with Gasteiger partial charge in [0.05, 0.1) is 5.69 Å². The summed E-state index contributed by atoms with van der Waals surface area (Å²) in [5.74, 6) is 1.60. The van der Waals surface area contributed by atoms with Crippen LogP contribution in [0.25, 0.3) is 17.0 Å². The largest absolute Gasteiger partial charge is 0.309 e. The number of rotatable bonds is 7. The van der Waals surface area contributed by atoms with E-state index >= 15 is 0 Å². The number of thioether (sulfide) groups is 1. The van der Waals surface area contributed by atoms with Crippen molar-refractivity contribution in [3.8, 4) is 11.3 Å². The molecule has 0 radical (unpaired) electrons. The maximum atomic E-state index is 14.0. The van der Waals surface area contributed by atoms with Crippen LogP contribution in [0.15, 0.2) is 34.2 Å². The zero-order valence-corrected chi connectivity index (χ0v) is 18.7. The van der Waals surface area contributed by atoms with Crippen molar-refractivity contribution in [3.05, 3.63) is 45.7 Å². The van der Waals surface area contributed by atoms with Crippen molar-refractivity contribution in [1.29, 1.82) is 0 Å². The second kappa shape index (κ2) is 7.98. The standard InChI is InChI=1S/C23H30N4OS/c1-5-13-26-19-17-12-10-9-11-16(17)15-23(7-3,8-4)18(19)20(28)27-21(26)24-25-22(27)29-14-6-2/h9-12H,5-8,13-15H2,1-4H3. The molecule has 1 aliphatic carbocycles. The lowest BCUT2D eigenvalue weighted by atomic mass is 9.66. The Balaban J connectivity index is 2.15. The van der Waals surface area contributed by atoms with E-state index in [9.17, 15) is 4.79 Å². The number of benzene rings is 1. The third-order valence-electron chi connectivity index (χ3n) is 6.35. The Morgan fingerprint density at radius 3 is 2.52 bits per heavy atom. The zero-order valence-electron chi connectivity index (χ0n) is 17.9. The minimum Gasteiger partial charge on any atom is -0.309 e. The number of aromatic nitrogens is 4. The van der Waals surface area contributed by atoms with Crippen molar-refractivity contribution in [2.45, 2.75) is 76.9 Å². The molecule has 5 nitrogen and oxygen atoms in total. The Kier molecular flexibility index (Phi) is 5.56. The van der Waals surface area contributed by atoms with E-state index in [4.69, 9.17) is 0 Å². The van der Waals surface area contributed by atoms with E-state index in [0.29, 0.717) is 5.78 Å². The molecule has 0 fully saturated rings. The van der Waals surface area contributed by atoms with Gasteiger partial charge >= 0.3 is 0 Å². The lowest BCUT2D eigenvalue weighted by Crippen LogP contribution is -2.41. The van der Waals surface area contributed by atoms with Crippen LogP contribution < -0.4 is 5.56 Å². The maximum Gasteiger partial charge on any atom is 0.265 e. The number of nitrogens with zero attached hydrogens (tertiary/aromatic N) is 4. The van der Waals surface area contributed by atoms with E-state index < -0.39 is 0 Å². The van der Waals surface area contributed by atoms with Crippen molar-refractivity contribution >= 4 is 17.5 Å². The SMILES string of the molecule is CCCSc1nnc2n(CCC)c3c(c(=O)n12)C(CC)(CC)Cc1ccccc1-3. The van der Waals surface area contributed by atoms with Gasteiger partial charge in [0.15, 0.2) is 5.16 Å². The summed E-state index contributed by atoms with van der Waals surface area (Å²) >= 11 is 1.63. The summed E-state index contributed by atoms with van der Waals surface area (Å²) in [6.45, 7) is 9.57. The minimum atomic E-state index is -0.151. The molecule has 2 heterocycles. The minimum absolute atomic E-state index is 0.0733. The highest BCUT2D eigenvalue weighted by atomic mass is 32.2. The van der Waals surface area contributed by atoms with Gasteiger partial charge in [-0.15, -0.1) is 10.2 Å². The number of aryl methyl sites for hydroxylation is 1. The highest BCUT2D eigenvalue weighted by Crippen LogP contribution is 2.45. The quantitative estimate of drug-likeness (QED) is 0.510. The summed E-state index contributed by atoms with van der Waals surface area (Å²) < 4.78 is 4.03. The highest BCUT2D eigenvalue weighted by Gasteiger charge is 2.41. The summed E-state index contributed by atoms with van der Waals surface area (Å²) in [6.07, 6.45) is 4.81. The first-order valence-corrected chi connectivity index (χ1v) is 11.8. The van der Waals surface area contributed by atoms with E-state index in [1.54, 1.807) is 16.2 Å². The summed E-state index contributed by atoms with van der Waals surface area (Å²) in [4.78, 5) is 14.0. The van der Waals surface area contributed by atoms with Crippen LogP contribution in [0, 0.1) is 0 Å². The Bertz CT molecular complexity index is 1090. The zero-order chi connectivity index (χ0) is 20.6. The van der Waals surface area contributed by atoms with Crippen molar-refractivity contribution in [2.24, 2.45) is 0 Å². The second-order valence-corrected chi connectivity index (χ2v) is 9.03. The van der Waals surface area contributed by atoms with Crippen LogP contribution in [-0.4, -0.2) is 24.9 Å². The van der Waals surface area contributed by atoms with E-state index in [0.717, 1.165) is 60.8 Å². The molecule has 6 heteroatoms. The molecule has 0 spiro atoms. The van der Waals surface area contributed by atoms with Crippen LogP contribution in [0.3, 0.4) is 0 Å². The average Bonchev–Trinajstić information content (AvgIpc) is 3.18. The van der Waals surface area contributed by atoms with E-state index in [1.165, 1.54) is 11.1 Å². The van der Waals surface area contributed by atoms with Gasteiger partial charge in [0, 0.05) is 28.8 Å². The van der Waals surface area contributed by atoms with Crippen LogP contribution in [0.2, 0.25) is 0 Å². The van der Waals surface area contributed by atoms with Gasteiger partial charge in [0.2, 0.25) is 5.78 Å². The normalized spacial score (nSPS) is 14.8. The number of fused-ring (bicyclic) bond motifs is 4. The molecule has 1 aromatic carbocycles. The molecule has 0 saturated heterocycles. The van der Waals surface area contributed by atoms with Crippen LogP contribution in [0.4, 0.5) is 0 Å². The molecule has 3 aromatic rings. The highest BCUT2D eigenvalue weighted by molar-refractivity contribution is 7.99. The summed E-state index contributed by atoms with van der Waals surface area (Å²) in [7, 11) is 0. The molecule has 1 aliphatic rings. The molecule has 0 saturated carbocycles. The van der Waals surface area contributed by atoms with Gasteiger partial charge in [0.1, 0.15) is 0 Å². The molecule has 2 aromatic heterocycles. The molecule has 0 amide bonds. The predicted molar refractivity (Wildman–Crippen MR) is 120 cm³/mol.